The van der Waals surface area contributed by atoms with Crippen molar-refractivity contribution in [2.24, 2.45) is 5.41 Å². The first-order valence-electron chi connectivity index (χ1n) is 10.2. The molecule has 0 nitrogen and oxygen atoms in total. The zero-order valence-corrected chi connectivity index (χ0v) is 19.1. The second-order valence-electron chi connectivity index (χ2n) is 7.58. The van der Waals surface area contributed by atoms with Gasteiger partial charge in [0.25, 0.3) is 0 Å². The SMILES string of the molecule is CCC[CH2][Sn]([CH]=CC1(CC)C=CC=CC1)([CH2]CCC)[CH2]CCC. The van der Waals surface area contributed by atoms with Crippen LogP contribution in [-0.2, 0) is 0 Å². The average Bonchev–Trinajstić information content (AvgIpc) is 2.61. The fraction of sp³-hybridized carbons (Fsp3) is 0.727. The average molecular weight is 423 g/mol. The number of hydrogen-bond acceptors (Lipinski definition) is 0. The molecular formula is C22H40Sn. The summed E-state index contributed by atoms with van der Waals surface area (Å²) in [6.07, 6.45) is 22.9. The van der Waals surface area contributed by atoms with Gasteiger partial charge in [-0.25, -0.2) is 0 Å². The summed E-state index contributed by atoms with van der Waals surface area (Å²) in [6, 6.07) is 0. The first-order chi connectivity index (χ1) is 11.2. The van der Waals surface area contributed by atoms with E-state index < -0.39 is 18.4 Å². The minimum absolute atomic E-state index is 0.321. The Bertz CT molecular complexity index is 369. The van der Waals surface area contributed by atoms with E-state index in [9.17, 15) is 0 Å². The molecule has 132 valence electrons. The Morgan fingerprint density at radius 3 is 1.83 bits per heavy atom. The van der Waals surface area contributed by atoms with Crippen LogP contribution in [0.25, 0.3) is 0 Å². The second kappa shape index (κ2) is 11.6. The molecule has 0 fully saturated rings. The third kappa shape index (κ3) is 7.20. The van der Waals surface area contributed by atoms with Crippen molar-refractivity contribution in [3.63, 3.8) is 0 Å². The van der Waals surface area contributed by atoms with Gasteiger partial charge in [0.1, 0.15) is 0 Å². The van der Waals surface area contributed by atoms with Crippen molar-refractivity contribution in [2.75, 3.05) is 0 Å². The van der Waals surface area contributed by atoms with E-state index >= 15 is 0 Å². The van der Waals surface area contributed by atoms with Crippen molar-refractivity contribution in [1.29, 1.82) is 0 Å². The Morgan fingerprint density at radius 1 is 0.870 bits per heavy atom. The molecule has 1 atom stereocenters. The van der Waals surface area contributed by atoms with Gasteiger partial charge in [-0.1, -0.05) is 0 Å². The van der Waals surface area contributed by atoms with Gasteiger partial charge in [-0.05, 0) is 0 Å². The van der Waals surface area contributed by atoms with Gasteiger partial charge in [-0.3, -0.25) is 0 Å². The topological polar surface area (TPSA) is 0 Å². The maximum absolute atomic E-state index is 2.86. The van der Waals surface area contributed by atoms with Gasteiger partial charge in [0.05, 0.1) is 0 Å². The summed E-state index contributed by atoms with van der Waals surface area (Å²) in [6.45, 7) is 9.45. The third-order valence-corrected chi connectivity index (χ3v) is 19.7. The molecule has 0 saturated carbocycles. The van der Waals surface area contributed by atoms with Gasteiger partial charge < -0.3 is 0 Å². The van der Waals surface area contributed by atoms with Crippen molar-refractivity contribution in [3.05, 3.63) is 34.5 Å². The molecule has 0 amide bonds. The maximum atomic E-state index is 2.86. The Hall–Kier alpha value is 0.0187. The minimum atomic E-state index is -2.11. The molecule has 1 aliphatic carbocycles. The van der Waals surface area contributed by atoms with E-state index in [0.717, 1.165) is 0 Å². The van der Waals surface area contributed by atoms with Crippen molar-refractivity contribution >= 4 is 18.4 Å². The molecule has 1 unspecified atom stereocenters. The zero-order chi connectivity index (χ0) is 17.0. The van der Waals surface area contributed by atoms with Crippen molar-refractivity contribution in [2.45, 2.75) is 92.4 Å². The first kappa shape index (κ1) is 21.1. The van der Waals surface area contributed by atoms with E-state index in [1.807, 2.05) is 0 Å². The molecule has 0 aliphatic heterocycles. The van der Waals surface area contributed by atoms with Crippen LogP contribution in [-0.4, -0.2) is 18.4 Å². The van der Waals surface area contributed by atoms with E-state index in [2.05, 4.69) is 62.2 Å². The van der Waals surface area contributed by atoms with Gasteiger partial charge >= 0.3 is 151 Å². The van der Waals surface area contributed by atoms with Gasteiger partial charge in [0, 0.05) is 0 Å². The van der Waals surface area contributed by atoms with E-state index in [4.69, 9.17) is 0 Å². The van der Waals surface area contributed by atoms with E-state index in [1.165, 1.54) is 51.4 Å². The normalized spacial score (nSPS) is 21.4. The van der Waals surface area contributed by atoms with Gasteiger partial charge in [0.2, 0.25) is 0 Å². The number of rotatable bonds is 12. The molecule has 0 saturated heterocycles. The molecule has 0 heterocycles. The van der Waals surface area contributed by atoms with E-state index in [1.54, 1.807) is 13.3 Å². The quantitative estimate of drug-likeness (QED) is 0.281. The summed E-state index contributed by atoms with van der Waals surface area (Å²) >= 11 is -2.11. The Balaban J connectivity index is 2.96. The van der Waals surface area contributed by atoms with Crippen LogP contribution in [0.2, 0.25) is 13.3 Å². The Labute approximate surface area is 150 Å². The fourth-order valence-corrected chi connectivity index (χ4v) is 18.3. The molecule has 0 aromatic heterocycles. The monoisotopic (exact) mass is 424 g/mol. The molecule has 0 bridgehead atoms. The molecule has 0 radical (unpaired) electrons. The number of allylic oxidation sites excluding steroid dienone is 5. The summed E-state index contributed by atoms with van der Waals surface area (Å²) in [5.74, 6) is 0. The van der Waals surface area contributed by atoms with Gasteiger partial charge in [-0.15, -0.1) is 0 Å². The third-order valence-electron chi connectivity index (χ3n) is 5.68. The predicted molar refractivity (Wildman–Crippen MR) is 110 cm³/mol. The van der Waals surface area contributed by atoms with Crippen LogP contribution in [0.4, 0.5) is 0 Å². The molecule has 0 N–H and O–H groups in total. The van der Waals surface area contributed by atoms with Gasteiger partial charge in [-0.2, -0.15) is 0 Å². The fourth-order valence-electron chi connectivity index (χ4n) is 3.74. The van der Waals surface area contributed by atoms with E-state index in [-0.39, 0.29) is 0 Å². The van der Waals surface area contributed by atoms with Crippen molar-refractivity contribution in [1.82, 2.24) is 0 Å². The molecule has 1 heteroatoms. The second-order valence-corrected chi connectivity index (χ2v) is 20.6. The Kier molecular flexibility index (Phi) is 10.6. The molecule has 1 aliphatic rings. The summed E-state index contributed by atoms with van der Waals surface area (Å²) in [5, 5.41) is 0. The molecule has 1 rings (SSSR count). The van der Waals surface area contributed by atoms with Crippen LogP contribution >= 0.6 is 0 Å². The summed E-state index contributed by atoms with van der Waals surface area (Å²) in [7, 11) is 0. The zero-order valence-electron chi connectivity index (χ0n) is 16.2. The summed E-state index contributed by atoms with van der Waals surface area (Å²) in [5.41, 5.74) is 0.321. The van der Waals surface area contributed by atoms with Crippen LogP contribution in [0.5, 0.6) is 0 Å². The van der Waals surface area contributed by atoms with Crippen LogP contribution in [0.1, 0.15) is 79.1 Å². The predicted octanol–water partition coefficient (Wildman–Crippen LogP) is 7.84. The van der Waals surface area contributed by atoms with Crippen LogP contribution in [0.15, 0.2) is 34.5 Å². The molecular weight excluding hydrogens is 383 g/mol. The first-order valence-corrected chi connectivity index (χ1v) is 17.9. The van der Waals surface area contributed by atoms with Crippen molar-refractivity contribution < 1.29 is 0 Å². The van der Waals surface area contributed by atoms with Crippen molar-refractivity contribution in [3.8, 4) is 0 Å². The molecule has 0 aromatic carbocycles. The number of hydrogen-bond donors (Lipinski definition) is 0. The summed E-state index contributed by atoms with van der Waals surface area (Å²) < 4.78 is 7.62. The number of unbranched alkanes of at least 4 members (excludes halogenated alkanes) is 3. The van der Waals surface area contributed by atoms with E-state index in [0.29, 0.717) is 5.41 Å². The van der Waals surface area contributed by atoms with Crippen LogP contribution in [0.3, 0.4) is 0 Å². The van der Waals surface area contributed by atoms with Crippen LogP contribution in [0, 0.1) is 5.41 Å². The molecule has 0 aromatic rings. The standard InChI is InChI=1S/C10H13.3C4H9.Sn/c1-3-10(4-2)8-6-5-7-9-10;3*1-3-4-2;/h1,3,5-8H,4,9H2,2H3;3*1,3-4H2,2H3;. The molecule has 23 heavy (non-hydrogen) atoms. The van der Waals surface area contributed by atoms with Crippen LogP contribution < -0.4 is 0 Å². The van der Waals surface area contributed by atoms with Gasteiger partial charge in [0.15, 0.2) is 0 Å². The molecule has 0 spiro atoms. The Morgan fingerprint density at radius 2 is 1.43 bits per heavy atom. The summed E-state index contributed by atoms with van der Waals surface area (Å²) in [4.78, 5) is 0.